The first-order valence-corrected chi connectivity index (χ1v) is 4.83. The number of nitrogens with one attached hydrogen (secondary N) is 1. The van der Waals surface area contributed by atoms with E-state index >= 15 is 0 Å². The molecule has 5 nitrogen and oxygen atoms in total. The van der Waals surface area contributed by atoms with Crippen LogP contribution in [0.25, 0.3) is 11.0 Å². The summed E-state index contributed by atoms with van der Waals surface area (Å²) in [7, 11) is 1.56. The van der Waals surface area contributed by atoms with Crippen LogP contribution in [-0.4, -0.2) is 19.7 Å². The van der Waals surface area contributed by atoms with Crippen molar-refractivity contribution in [3.05, 3.63) is 24.0 Å². The third kappa shape index (κ3) is 1.21. The van der Waals surface area contributed by atoms with Gasteiger partial charge in [0.25, 0.3) is 5.91 Å². The Balaban J connectivity index is 2.15. The van der Waals surface area contributed by atoms with Crippen molar-refractivity contribution in [3.63, 3.8) is 0 Å². The van der Waals surface area contributed by atoms with Crippen molar-refractivity contribution in [1.82, 2.24) is 5.32 Å². The normalized spacial score (nSPS) is 13.1. The molecule has 1 aromatic heterocycles. The first kappa shape index (κ1) is 9.08. The Morgan fingerprint density at radius 3 is 2.75 bits per heavy atom. The summed E-state index contributed by atoms with van der Waals surface area (Å²) in [6.45, 7) is 0.226. The van der Waals surface area contributed by atoms with Gasteiger partial charge in [0.15, 0.2) is 17.3 Å². The molecule has 0 spiro atoms. The second-order valence-corrected chi connectivity index (χ2v) is 3.43. The van der Waals surface area contributed by atoms with Gasteiger partial charge in [-0.05, 0) is 12.1 Å². The molecule has 0 saturated heterocycles. The average Bonchev–Trinajstić information content (AvgIpc) is 2.89. The number of rotatable bonds is 1. The lowest BCUT2D eigenvalue weighted by Gasteiger charge is -1.94. The molecule has 0 radical (unpaired) electrons. The average molecular weight is 219 g/mol. The summed E-state index contributed by atoms with van der Waals surface area (Å²) in [5.41, 5.74) is 0.614. The van der Waals surface area contributed by atoms with E-state index in [1.54, 1.807) is 25.2 Å². The summed E-state index contributed by atoms with van der Waals surface area (Å²) in [6.07, 6.45) is 0. The lowest BCUT2D eigenvalue weighted by Crippen LogP contribution is -2.16. The summed E-state index contributed by atoms with van der Waals surface area (Å²) >= 11 is 0. The highest BCUT2D eigenvalue weighted by Crippen LogP contribution is 2.37. The number of carbonyl (C=O) groups is 1. The molecule has 0 atom stereocenters. The monoisotopic (exact) mass is 219 g/mol. The van der Waals surface area contributed by atoms with E-state index in [0.717, 1.165) is 5.39 Å². The number of furan rings is 1. The summed E-state index contributed by atoms with van der Waals surface area (Å²) < 4.78 is 15.9. The van der Waals surface area contributed by atoms with Crippen LogP contribution in [0.1, 0.15) is 10.6 Å². The molecule has 5 heteroatoms. The predicted octanol–water partition coefficient (Wildman–Crippen LogP) is 1.52. The Morgan fingerprint density at radius 2 is 2.00 bits per heavy atom. The van der Waals surface area contributed by atoms with Gasteiger partial charge < -0.3 is 19.2 Å². The largest absolute Gasteiger partial charge is 0.454 e. The second kappa shape index (κ2) is 3.16. The van der Waals surface area contributed by atoms with E-state index in [1.165, 1.54) is 0 Å². The van der Waals surface area contributed by atoms with Crippen molar-refractivity contribution in [2.24, 2.45) is 0 Å². The van der Waals surface area contributed by atoms with Crippen LogP contribution in [0.2, 0.25) is 0 Å². The summed E-state index contributed by atoms with van der Waals surface area (Å²) in [6, 6.07) is 5.20. The Hall–Kier alpha value is -2.17. The van der Waals surface area contributed by atoms with Crippen molar-refractivity contribution >= 4 is 16.9 Å². The van der Waals surface area contributed by atoms with Crippen LogP contribution in [0.5, 0.6) is 11.5 Å². The molecule has 1 N–H and O–H groups in total. The Morgan fingerprint density at radius 1 is 1.25 bits per heavy atom. The highest BCUT2D eigenvalue weighted by molar-refractivity contribution is 5.96. The topological polar surface area (TPSA) is 60.7 Å². The molecule has 1 aliphatic heterocycles. The van der Waals surface area contributed by atoms with Gasteiger partial charge in [0.2, 0.25) is 6.79 Å². The quantitative estimate of drug-likeness (QED) is 0.789. The van der Waals surface area contributed by atoms with Crippen LogP contribution in [0.15, 0.2) is 22.6 Å². The van der Waals surface area contributed by atoms with Crippen LogP contribution in [0.4, 0.5) is 0 Å². The maximum absolute atomic E-state index is 11.4. The fourth-order valence-electron chi connectivity index (χ4n) is 1.66. The molecule has 1 aliphatic rings. The van der Waals surface area contributed by atoms with Gasteiger partial charge in [-0.25, -0.2) is 0 Å². The van der Waals surface area contributed by atoms with Gasteiger partial charge in [0.05, 0.1) is 0 Å². The first-order valence-electron chi connectivity index (χ1n) is 4.83. The number of benzene rings is 1. The van der Waals surface area contributed by atoms with E-state index in [4.69, 9.17) is 13.9 Å². The molecule has 1 amide bonds. The number of carbonyl (C=O) groups excluding carboxylic acids is 1. The van der Waals surface area contributed by atoms with Crippen molar-refractivity contribution in [2.45, 2.75) is 0 Å². The minimum Gasteiger partial charge on any atom is -0.454 e. The van der Waals surface area contributed by atoms with E-state index in [-0.39, 0.29) is 18.5 Å². The first-order chi connectivity index (χ1) is 7.78. The fourth-order valence-corrected chi connectivity index (χ4v) is 1.66. The molecule has 0 unspecified atom stereocenters. The second-order valence-electron chi connectivity index (χ2n) is 3.43. The fraction of sp³-hybridized carbons (Fsp3) is 0.182. The van der Waals surface area contributed by atoms with Crippen molar-refractivity contribution in [1.29, 1.82) is 0 Å². The number of hydrogen-bond donors (Lipinski definition) is 1. The highest BCUT2D eigenvalue weighted by Gasteiger charge is 2.18. The summed E-state index contributed by atoms with van der Waals surface area (Å²) in [5.74, 6) is 1.35. The molecular formula is C11H9NO4. The maximum atomic E-state index is 11.4. The van der Waals surface area contributed by atoms with E-state index in [2.05, 4.69) is 5.32 Å². The molecule has 2 aromatic rings. The van der Waals surface area contributed by atoms with Gasteiger partial charge in [-0.2, -0.15) is 0 Å². The van der Waals surface area contributed by atoms with Crippen LogP contribution in [-0.2, 0) is 0 Å². The van der Waals surface area contributed by atoms with Crippen LogP contribution >= 0.6 is 0 Å². The van der Waals surface area contributed by atoms with Gasteiger partial charge in [-0.1, -0.05) is 0 Å². The number of hydrogen-bond acceptors (Lipinski definition) is 4. The minimum absolute atomic E-state index is 0.226. The van der Waals surface area contributed by atoms with Crippen molar-refractivity contribution in [3.8, 4) is 11.5 Å². The Labute approximate surface area is 90.9 Å². The van der Waals surface area contributed by atoms with Gasteiger partial charge >= 0.3 is 0 Å². The maximum Gasteiger partial charge on any atom is 0.286 e. The van der Waals surface area contributed by atoms with Crippen LogP contribution in [0, 0.1) is 0 Å². The molecule has 82 valence electrons. The van der Waals surface area contributed by atoms with Gasteiger partial charge in [0, 0.05) is 18.5 Å². The van der Waals surface area contributed by atoms with Crippen LogP contribution in [0.3, 0.4) is 0 Å². The molecule has 2 heterocycles. The SMILES string of the molecule is CNC(=O)c1cc2cc3c(cc2o1)OCO3. The van der Waals surface area contributed by atoms with E-state index in [1.807, 2.05) is 0 Å². The highest BCUT2D eigenvalue weighted by atomic mass is 16.7. The number of fused-ring (bicyclic) bond motifs is 2. The summed E-state index contributed by atoms with van der Waals surface area (Å²) in [5, 5.41) is 3.33. The molecule has 3 rings (SSSR count). The van der Waals surface area contributed by atoms with Crippen molar-refractivity contribution in [2.75, 3.05) is 13.8 Å². The predicted molar refractivity (Wildman–Crippen MR) is 55.7 cm³/mol. The number of amides is 1. The van der Waals surface area contributed by atoms with E-state index in [0.29, 0.717) is 17.1 Å². The lowest BCUT2D eigenvalue weighted by molar-refractivity contribution is 0.0937. The summed E-state index contributed by atoms with van der Waals surface area (Å²) in [4.78, 5) is 11.4. The Bertz CT molecular complexity index is 532. The molecule has 1 aromatic carbocycles. The van der Waals surface area contributed by atoms with Crippen molar-refractivity contribution < 1.29 is 18.7 Å². The van der Waals surface area contributed by atoms with E-state index < -0.39 is 0 Å². The molecule has 0 aliphatic carbocycles. The van der Waals surface area contributed by atoms with Gasteiger partial charge in [-0.3, -0.25) is 4.79 Å². The smallest absolute Gasteiger partial charge is 0.286 e. The Kier molecular flexibility index (Phi) is 1.80. The molecular weight excluding hydrogens is 210 g/mol. The molecule has 0 fully saturated rings. The third-order valence-electron chi connectivity index (χ3n) is 2.46. The standard InChI is InChI=1S/C11H9NO4/c1-12-11(13)10-3-6-2-8-9(15-5-14-8)4-7(6)16-10/h2-4H,5H2,1H3,(H,12,13). The number of ether oxygens (including phenoxy) is 2. The third-order valence-corrected chi connectivity index (χ3v) is 2.46. The zero-order valence-corrected chi connectivity index (χ0v) is 8.57. The zero-order chi connectivity index (χ0) is 11.1. The molecule has 0 saturated carbocycles. The zero-order valence-electron chi connectivity index (χ0n) is 8.57. The van der Waals surface area contributed by atoms with E-state index in [9.17, 15) is 4.79 Å². The molecule has 16 heavy (non-hydrogen) atoms. The molecule has 0 bridgehead atoms. The van der Waals surface area contributed by atoms with Gasteiger partial charge in [-0.15, -0.1) is 0 Å². The van der Waals surface area contributed by atoms with Crippen LogP contribution < -0.4 is 14.8 Å². The van der Waals surface area contributed by atoms with Gasteiger partial charge in [0.1, 0.15) is 5.58 Å². The minimum atomic E-state index is -0.252. The lowest BCUT2D eigenvalue weighted by atomic mass is 10.2.